The van der Waals surface area contributed by atoms with Gasteiger partial charge in [-0.1, -0.05) is 24.3 Å². The van der Waals surface area contributed by atoms with Crippen molar-refractivity contribution in [3.63, 3.8) is 0 Å². The van der Waals surface area contributed by atoms with Crippen molar-refractivity contribution in [2.45, 2.75) is 4.90 Å². The van der Waals surface area contributed by atoms with E-state index in [2.05, 4.69) is 0 Å². The number of methoxy groups -OCH3 is 2. The van der Waals surface area contributed by atoms with Crippen LogP contribution in [0, 0.1) is 0 Å². The Hall–Kier alpha value is -2.80. The van der Waals surface area contributed by atoms with Crippen molar-refractivity contribution in [2.75, 3.05) is 14.2 Å². The quantitative estimate of drug-likeness (QED) is 0.806. The fourth-order valence-corrected chi connectivity index (χ4v) is 3.47. The van der Waals surface area contributed by atoms with E-state index in [0.29, 0.717) is 17.1 Å². The van der Waals surface area contributed by atoms with E-state index in [1.54, 1.807) is 36.4 Å². The third-order valence-electron chi connectivity index (χ3n) is 3.33. The van der Waals surface area contributed by atoms with Crippen molar-refractivity contribution in [2.24, 2.45) is 5.73 Å². The number of nitrogens with two attached hydrogens (primary N) is 1. The molecule has 0 saturated carbocycles. The van der Waals surface area contributed by atoms with Crippen LogP contribution in [0.2, 0.25) is 0 Å². The van der Waals surface area contributed by atoms with Crippen LogP contribution >= 0.6 is 0 Å². The second kappa shape index (κ2) is 7.18. The molecule has 0 saturated heterocycles. The number of rotatable bonds is 6. The zero-order valence-corrected chi connectivity index (χ0v) is 14.0. The SMILES string of the molecule is COc1cccc(OC)c1/C=C(/C(N)=O)S(=O)(=O)c1ccccc1. The van der Waals surface area contributed by atoms with Crippen LogP contribution in [0.1, 0.15) is 5.56 Å². The van der Waals surface area contributed by atoms with Gasteiger partial charge in [0, 0.05) is 0 Å². The van der Waals surface area contributed by atoms with Crippen LogP contribution in [0.4, 0.5) is 0 Å². The number of hydrogen-bond acceptors (Lipinski definition) is 5. The second-order valence-electron chi connectivity index (χ2n) is 4.77. The van der Waals surface area contributed by atoms with Gasteiger partial charge in [0.1, 0.15) is 16.4 Å². The van der Waals surface area contributed by atoms with Gasteiger partial charge in [-0.15, -0.1) is 0 Å². The fourth-order valence-electron chi connectivity index (χ4n) is 2.16. The van der Waals surface area contributed by atoms with E-state index < -0.39 is 20.6 Å². The van der Waals surface area contributed by atoms with E-state index in [9.17, 15) is 13.2 Å². The van der Waals surface area contributed by atoms with Crippen molar-refractivity contribution < 1.29 is 22.7 Å². The lowest BCUT2D eigenvalue weighted by Gasteiger charge is -2.12. The summed E-state index contributed by atoms with van der Waals surface area (Å²) >= 11 is 0. The number of hydrogen-bond donors (Lipinski definition) is 1. The number of ether oxygens (including phenoxy) is 2. The third kappa shape index (κ3) is 3.41. The Morgan fingerprint density at radius 1 is 0.958 bits per heavy atom. The number of carbonyl (C=O) groups is 1. The summed E-state index contributed by atoms with van der Waals surface area (Å²) in [6.07, 6.45) is 1.17. The van der Waals surface area contributed by atoms with Crippen molar-refractivity contribution in [3.05, 3.63) is 59.0 Å². The van der Waals surface area contributed by atoms with Gasteiger partial charge < -0.3 is 15.2 Å². The van der Waals surface area contributed by atoms with Crippen LogP contribution < -0.4 is 15.2 Å². The molecular weight excluding hydrogens is 330 g/mol. The normalized spacial score (nSPS) is 11.8. The molecule has 2 N–H and O–H groups in total. The minimum Gasteiger partial charge on any atom is -0.496 e. The lowest BCUT2D eigenvalue weighted by atomic mass is 10.1. The predicted molar refractivity (Wildman–Crippen MR) is 90.3 cm³/mol. The molecule has 0 aromatic heterocycles. The summed E-state index contributed by atoms with van der Waals surface area (Å²) in [5.74, 6) is -0.348. The van der Waals surface area contributed by atoms with Gasteiger partial charge >= 0.3 is 0 Å². The molecule has 7 heteroatoms. The first-order valence-corrected chi connectivity index (χ1v) is 8.42. The van der Waals surface area contributed by atoms with Crippen LogP contribution in [0.3, 0.4) is 0 Å². The molecule has 0 aliphatic carbocycles. The summed E-state index contributed by atoms with van der Waals surface area (Å²) in [5.41, 5.74) is 5.64. The Labute approximate surface area is 140 Å². The Morgan fingerprint density at radius 2 is 1.50 bits per heavy atom. The smallest absolute Gasteiger partial charge is 0.260 e. The van der Waals surface area contributed by atoms with E-state index in [1.165, 1.54) is 32.4 Å². The highest BCUT2D eigenvalue weighted by molar-refractivity contribution is 7.96. The van der Waals surface area contributed by atoms with E-state index in [0.717, 1.165) is 0 Å². The monoisotopic (exact) mass is 347 g/mol. The summed E-state index contributed by atoms with van der Waals surface area (Å²) in [7, 11) is -1.21. The Balaban J connectivity index is 2.70. The third-order valence-corrected chi connectivity index (χ3v) is 5.12. The molecule has 0 fully saturated rings. The van der Waals surface area contributed by atoms with Crippen molar-refractivity contribution in [1.29, 1.82) is 0 Å². The maximum Gasteiger partial charge on any atom is 0.260 e. The first-order valence-electron chi connectivity index (χ1n) is 6.94. The van der Waals surface area contributed by atoms with Gasteiger partial charge in [-0.05, 0) is 30.3 Å². The maximum atomic E-state index is 12.7. The summed E-state index contributed by atoms with van der Waals surface area (Å²) < 4.78 is 35.9. The van der Waals surface area contributed by atoms with Gasteiger partial charge in [0.25, 0.3) is 5.91 Å². The predicted octanol–water partition coefficient (Wildman–Crippen LogP) is 2.00. The molecule has 0 bridgehead atoms. The van der Waals surface area contributed by atoms with E-state index in [-0.39, 0.29) is 4.90 Å². The van der Waals surface area contributed by atoms with Gasteiger partial charge in [0.2, 0.25) is 9.84 Å². The zero-order chi connectivity index (χ0) is 17.7. The topological polar surface area (TPSA) is 95.7 Å². The number of amides is 1. The molecule has 0 heterocycles. The van der Waals surface area contributed by atoms with Gasteiger partial charge in [-0.25, -0.2) is 8.42 Å². The molecule has 24 heavy (non-hydrogen) atoms. The molecule has 0 atom stereocenters. The molecule has 2 aromatic rings. The molecular formula is C17H17NO5S. The first-order chi connectivity index (χ1) is 11.4. The summed E-state index contributed by atoms with van der Waals surface area (Å²) in [4.78, 5) is 11.2. The van der Waals surface area contributed by atoms with Crippen molar-refractivity contribution in [3.8, 4) is 11.5 Å². The number of carbonyl (C=O) groups excluding carboxylic acids is 1. The van der Waals surface area contributed by atoms with Gasteiger partial charge in [-0.2, -0.15) is 0 Å². The fraction of sp³-hybridized carbons (Fsp3) is 0.118. The van der Waals surface area contributed by atoms with Gasteiger partial charge in [0.05, 0.1) is 24.7 Å². The summed E-state index contributed by atoms with van der Waals surface area (Å²) in [6.45, 7) is 0. The van der Waals surface area contributed by atoms with Crippen LogP contribution in [0.15, 0.2) is 58.3 Å². The number of sulfone groups is 1. The molecule has 0 radical (unpaired) electrons. The number of benzene rings is 2. The molecule has 126 valence electrons. The van der Waals surface area contributed by atoms with Crippen LogP contribution in [-0.4, -0.2) is 28.5 Å². The first kappa shape index (κ1) is 17.6. The van der Waals surface area contributed by atoms with Crippen molar-refractivity contribution >= 4 is 21.8 Å². The van der Waals surface area contributed by atoms with E-state index >= 15 is 0 Å². The molecule has 2 rings (SSSR count). The molecule has 0 aliphatic rings. The van der Waals surface area contributed by atoms with Crippen LogP contribution in [-0.2, 0) is 14.6 Å². The Morgan fingerprint density at radius 3 is 1.96 bits per heavy atom. The van der Waals surface area contributed by atoms with Crippen LogP contribution in [0.5, 0.6) is 11.5 Å². The van der Waals surface area contributed by atoms with Crippen molar-refractivity contribution in [1.82, 2.24) is 0 Å². The number of primary amides is 1. The average molecular weight is 347 g/mol. The standard InChI is InChI=1S/C17H17NO5S/c1-22-14-9-6-10-15(23-2)13(14)11-16(17(18)19)24(20,21)12-7-4-3-5-8-12/h3-11H,1-2H3,(H2,18,19)/b16-11-. The largest absolute Gasteiger partial charge is 0.496 e. The average Bonchev–Trinajstić information content (AvgIpc) is 2.59. The Kier molecular flexibility index (Phi) is 5.25. The molecule has 0 spiro atoms. The minimum atomic E-state index is -4.07. The Bertz CT molecular complexity index is 851. The van der Waals surface area contributed by atoms with E-state index in [1.807, 2.05) is 0 Å². The van der Waals surface area contributed by atoms with Crippen LogP contribution in [0.25, 0.3) is 6.08 Å². The second-order valence-corrected chi connectivity index (χ2v) is 6.68. The molecule has 6 nitrogen and oxygen atoms in total. The molecule has 0 unspecified atom stereocenters. The molecule has 0 aliphatic heterocycles. The lowest BCUT2D eigenvalue weighted by molar-refractivity contribution is -0.113. The highest BCUT2D eigenvalue weighted by atomic mass is 32.2. The highest BCUT2D eigenvalue weighted by Crippen LogP contribution is 2.32. The van der Waals surface area contributed by atoms with E-state index in [4.69, 9.17) is 15.2 Å². The maximum absolute atomic E-state index is 12.7. The van der Waals surface area contributed by atoms with Gasteiger partial charge in [0.15, 0.2) is 0 Å². The molecule has 2 aromatic carbocycles. The summed E-state index contributed by atoms with van der Waals surface area (Å²) in [6, 6.07) is 12.5. The summed E-state index contributed by atoms with van der Waals surface area (Å²) in [5, 5.41) is 0. The zero-order valence-electron chi connectivity index (χ0n) is 13.2. The van der Waals surface area contributed by atoms with Gasteiger partial charge in [-0.3, -0.25) is 4.79 Å². The lowest BCUT2D eigenvalue weighted by Crippen LogP contribution is -2.21. The minimum absolute atomic E-state index is 0.0242. The highest BCUT2D eigenvalue weighted by Gasteiger charge is 2.26. The molecule has 1 amide bonds.